The van der Waals surface area contributed by atoms with Crippen molar-refractivity contribution in [3.8, 4) is 0 Å². The Bertz CT molecular complexity index is 342. The summed E-state index contributed by atoms with van der Waals surface area (Å²) in [5.41, 5.74) is 2.52. The molecule has 0 saturated carbocycles. The van der Waals surface area contributed by atoms with Crippen molar-refractivity contribution in [1.82, 2.24) is 15.1 Å². The molecule has 0 fully saturated rings. The molecule has 1 N–H and O–H groups in total. The Labute approximate surface area is 112 Å². The van der Waals surface area contributed by atoms with E-state index in [4.69, 9.17) is 0 Å². The fraction of sp³-hybridized carbons (Fsp3) is 0.800. The predicted octanol–water partition coefficient (Wildman–Crippen LogP) is 3.46. The minimum Gasteiger partial charge on any atom is -0.309 e. The average Bonchev–Trinajstić information content (AvgIpc) is 2.69. The van der Waals surface area contributed by atoms with E-state index in [1.807, 2.05) is 4.68 Å². The molecule has 18 heavy (non-hydrogen) atoms. The molecule has 3 heteroatoms. The van der Waals surface area contributed by atoms with E-state index in [-0.39, 0.29) is 0 Å². The number of hydrogen-bond donors (Lipinski definition) is 1. The maximum Gasteiger partial charge on any atom is 0.0625 e. The van der Waals surface area contributed by atoms with Crippen molar-refractivity contribution in [2.24, 2.45) is 13.0 Å². The molecule has 104 valence electrons. The van der Waals surface area contributed by atoms with Gasteiger partial charge in [0.2, 0.25) is 0 Å². The van der Waals surface area contributed by atoms with E-state index in [9.17, 15) is 0 Å². The largest absolute Gasteiger partial charge is 0.309 e. The highest BCUT2D eigenvalue weighted by Crippen LogP contribution is 2.21. The van der Waals surface area contributed by atoms with Crippen molar-refractivity contribution in [1.29, 1.82) is 0 Å². The molecule has 1 aromatic rings. The first-order valence-electron chi connectivity index (χ1n) is 7.34. The lowest BCUT2D eigenvalue weighted by Gasteiger charge is -2.18. The van der Waals surface area contributed by atoms with Gasteiger partial charge in [0, 0.05) is 13.1 Å². The molecule has 0 aliphatic carbocycles. The molecular formula is C15H29N3. The Morgan fingerprint density at radius 1 is 1.28 bits per heavy atom. The third kappa shape index (κ3) is 4.45. The average molecular weight is 251 g/mol. The molecule has 0 aliphatic heterocycles. The van der Waals surface area contributed by atoms with Crippen LogP contribution in [0, 0.1) is 5.92 Å². The van der Waals surface area contributed by atoms with Crippen molar-refractivity contribution in [3.63, 3.8) is 0 Å². The summed E-state index contributed by atoms with van der Waals surface area (Å²) in [6.07, 6.45) is 4.80. The summed E-state index contributed by atoms with van der Waals surface area (Å²) in [4.78, 5) is 0. The van der Waals surface area contributed by atoms with Gasteiger partial charge >= 0.3 is 0 Å². The summed E-state index contributed by atoms with van der Waals surface area (Å²) >= 11 is 0. The van der Waals surface area contributed by atoms with E-state index in [0.717, 1.165) is 18.9 Å². The van der Waals surface area contributed by atoms with Gasteiger partial charge in [-0.3, -0.25) is 4.68 Å². The van der Waals surface area contributed by atoms with Crippen LogP contribution >= 0.6 is 0 Å². The Hall–Kier alpha value is -0.830. The van der Waals surface area contributed by atoms with Crippen molar-refractivity contribution < 1.29 is 0 Å². The molecule has 1 rings (SSSR count). The molecule has 0 spiro atoms. The van der Waals surface area contributed by atoms with E-state index in [1.165, 1.54) is 30.7 Å². The first kappa shape index (κ1) is 15.2. The van der Waals surface area contributed by atoms with Gasteiger partial charge in [-0.1, -0.05) is 40.5 Å². The Morgan fingerprint density at radius 2 is 2.00 bits per heavy atom. The molecule has 1 aromatic heterocycles. The van der Waals surface area contributed by atoms with Crippen molar-refractivity contribution in [2.45, 2.75) is 59.4 Å². The second-order valence-electron chi connectivity index (χ2n) is 5.47. The van der Waals surface area contributed by atoms with Gasteiger partial charge in [0.1, 0.15) is 0 Å². The lowest BCUT2D eigenvalue weighted by molar-refractivity contribution is 0.436. The van der Waals surface area contributed by atoms with Crippen molar-refractivity contribution >= 4 is 0 Å². The van der Waals surface area contributed by atoms with Crippen molar-refractivity contribution in [3.05, 3.63) is 17.5 Å². The summed E-state index contributed by atoms with van der Waals surface area (Å²) in [7, 11) is 2.06. The van der Waals surface area contributed by atoms with Gasteiger partial charge in [-0.15, -0.1) is 0 Å². The maximum atomic E-state index is 4.55. The minimum absolute atomic E-state index is 0.451. The molecule has 3 nitrogen and oxygen atoms in total. The third-order valence-corrected chi connectivity index (χ3v) is 3.41. The molecule has 1 heterocycles. The lowest BCUT2D eigenvalue weighted by atomic mass is 10.0. The van der Waals surface area contributed by atoms with Gasteiger partial charge in [-0.25, -0.2) is 0 Å². The number of aryl methyl sites for hydroxylation is 2. The molecule has 1 unspecified atom stereocenters. The number of hydrogen-bond acceptors (Lipinski definition) is 2. The smallest absolute Gasteiger partial charge is 0.0625 e. The number of nitrogens with one attached hydrogen (secondary N) is 1. The zero-order valence-corrected chi connectivity index (χ0v) is 12.7. The normalized spacial score (nSPS) is 13.2. The van der Waals surface area contributed by atoms with Crippen LogP contribution in [0.4, 0.5) is 0 Å². The van der Waals surface area contributed by atoms with Gasteiger partial charge < -0.3 is 5.32 Å². The van der Waals surface area contributed by atoms with Crippen LogP contribution in [0.3, 0.4) is 0 Å². The first-order valence-corrected chi connectivity index (χ1v) is 7.34. The molecule has 0 radical (unpaired) electrons. The SMILES string of the molecule is CCNC(CCCC(C)C)c1cc(CC)nn1C. The number of rotatable bonds is 8. The minimum atomic E-state index is 0.451. The zero-order chi connectivity index (χ0) is 13.5. The monoisotopic (exact) mass is 251 g/mol. The van der Waals surface area contributed by atoms with Gasteiger partial charge in [-0.05, 0) is 31.4 Å². The van der Waals surface area contributed by atoms with Crippen molar-refractivity contribution in [2.75, 3.05) is 6.54 Å². The third-order valence-electron chi connectivity index (χ3n) is 3.41. The standard InChI is InChI=1S/C15H29N3/c1-6-13-11-15(18(5)17-13)14(16-7-2)10-8-9-12(3)4/h11-12,14,16H,6-10H2,1-5H3. The topological polar surface area (TPSA) is 29.9 Å². The summed E-state index contributed by atoms with van der Waals surface area (Å²) in [5, 5.41) is 8.14. The van der Waals surface area contributed by atoms with Crippen LogP contribution in [0.1, 0.15) is 64.4 Å². The Balaban J connectivity index is 2.67. The summed E-state index contributed by atoms with van der Waals surface area (Å²) in [6.45, 7) is 9.93. The molecule has 0 aromatic carbocycles. The van der Waals surface area contributed by atoms with Crippen LogP contribution in [0.5, 0.6) is 0 Å². The highest BCUT2D eigenvalue weighted by atomic mass is 15.3. The van der Waals surface area contributed by atoms with E-state index in [0.29, 0.717) is 6.04 Å². The summed E-state index contributed by atoms with van der Waals surface area (Å²) < 4.78 is 2.04. The molecular weight excluding hydrogens is 222 g/mol. The molecule has 1 atom stereocenters. The quantitative estimate of drug-likeness (QED) is 0.767. The second-order valence-corrected chi connectivity index (χ2v) is 5.47. The Morgan fingerprint density at radius 3 is 2.50 bits per heavy atom. The molecule has 0 aliphatic rings. The van der Waals surface area contributed by atoms with Gasteiger partial charge in [-0.2, -0.15) is 5.10 Å². The number of aromatic nitrogens is 2. The molecule has 0 bridgehead atoms. The van der Waals surface area contributed by atoms with E-state index >= 15 is 0 Å². The first-order chi connectivity index (χ1) is 8.58. The zero-order valence-electron chi connectivity index (χ0n) is 12.7. The highest BCUT2D eigenvalue weighted by Gasteiger charge is 2.15. The summed E-state index contributed by atoms with van der Waals surface area (Å²) in [6, 6.07) is 2.70. The van der Waals surface area contributed by atoms with E-state index in [2.05, 4.69) is 51.2 Å². The van der Waals surface area contributed by atoms with Crippen LogP contribution in [0.15, 0.2) is 6.07 Å². The lowest BCUT2D eigenvalue weighted by Crippen LogP contribution is -2.23. The van der Waals surface area contributed by atoms with Gasteiger partial charge in [0.25, 0.3) is 0 Å². The van der Waals surface area contributed by atoms with Crippen LogP contribution in [0.25, 0.3) is 0 Å². The number of nitrogens with zero attached hydrogens (tertiary/aromatic N) is 2. The fourth-order valence-corrected chi connectivity index (χ4v) is 2.37. The van der Waals surface area contributed by atoms with Crippen LogP contribution in [-0.2, 0) is 13.5 Å². The molecule has 0 saturated heterocycles. The molecule has 0 amide bonds. The fourth-order valence-electron chi connectivity index (χ4n) is 2.37. The summed E-state index contributed by atoms with van der Waals surface area (Å²) in [5.74, 6) is 0.796. The van der Waals surface area contributed by atoms with E-state index in [1.54, 1.807) is 0 Å². The van der Waals surface area contributed by atoms with Crippen LogP contribution in [0.2, 0.25) is 0 Å². The van der Waals surface area contributed by atoms with Gasteiger partial charge in [0.05, 0.1) is 11.4 Å². The predicted molar refractivity (Wildman–Crippen MR) is 77.7 cm³/mol. The highest BCUT2D eigenvalue weighted by molar-refractivity contribution is 5.14. The van der Waals surface area contributed by atoms with Crippen LogP contribution in [-0.4, -0.2) is 16.3 Å². The second kappa shape index (κ2) is 7.57. The van der Waals surface area contributed by atoms with E-state index < -0.39 is 0 Å². The van der Waals surface area contributed by atoms with Crippen LogP contribution < -0.4 is 5.32 Å². The Kier molecular flexibility index (Phi) is 6.41. The maximum absolute atomic E-state index is 4.55. The van der Waals surface area contributed by atoms with Gasteiger partial charge in [0.15, 0.2) is 0 Å².